The molecule has 1 saturated carbocycles. The molecule has 1 aliphatic carbocycles. The first kappa shape index (κ1) is 25.7. The van der Waals surface area contributed by atoms with Gasteiger partial charge in [0.05, 0.1) is 4.90 Å². The van der Waals surface area contributed by atoms with Crippen LogP contribution in [-0.2, 0) is 19.6 Å². The van der Waals surface area contributed by atoms with Crippen molar-refractivity contribution >= 4 is 21.8 Å². The largest absolute Gasteiger partial charge is 0.344 e. The van der Waals surface area contributed by atoms with E-state index in [0.717, 1.165) is 51.6 Å². The summed E-state index contributed by atoms with van der Waals surface area (Å²) in [5.74, 6) is 0.134. The fourth-order valence-electron chi connectivity index (χ4n) is 4.81. The molecule has 2 aliphatic rings. The van der Waals surface area contributed by atoms with Gasteiger partial charge in [0, 0.05) is 25.6 Å². The van der Waals surface area contributed by atoms with Crippen LogP contribution >= 0.6 is 0 Å². The van der Waals surface area contributed by atoms with Gasteiger partial charge in [0.1, 0.15) is 6.04 Å². The van der Waals surface area contributed by atoms with Gasteiger partial charge in [-0.3, -0.25) is 9.59 Å². The summed E-state index contributed by atoms with van der Waals surface area (Å²) < 4.78 is 27.6. The van der Waals surface area contributed by atoms with E-state index in [1.165, 1.54) is 0 Å². The highest BCUT2D eigenvalue weighted by atomic mass is 32.2. The van der Waals surface area contributed by atoms with Gasteiger partial charge in [0.15, 0.2) is 0 Å². The monoisotopic (exact) mass is 477 g/mol. The van der Waals surface area contributed by atoms with E-state index < -0.39 is 16.1 Å². The second-order valence-corrected chi connectivity index (χ2v) is 11.6. The fourth-order valence-corrected chi connectivity index (χ4v) is 5.95. The van der Waals surface area contributed by atoms with Crippen molar-refractivity contribution in [2.75, 3.05) is 19.6 Å². The second-order valence-electron chi connectivity index (χ2n) is 9.85. The number of rotatable bonds is 8. The van der Waals surface area contributed by atoms with E-state index in [1.807, 2.05) is 18.7 Å². The van der Waals surface area contributed by atoms with E-state index in [4.69, 9.17) is 0 Å². The Hall–Kier alpha value is -1.93. The molecule has 7 nitrogen and oxygen atoms in total. The lowest BCUT2D eigenvalue weighted by Gasteiger charge is -2.32. The third-order valence-corrected chi connectivity index (χ3v) is 8.42. The normalized spacial score (nSPS) is 23.1. The van der Waals surface area contributed by atoms with Gasteiger partial charge in [-0.1, -0.05) is 44.9 Å². The topological polar surface area (TPSA) is 95.6 Å². The van der Waals surface area contributed by atoms with E-state index in [1.54, 1.807) is 30.3 Å². The Labute approximate surface area is 198 Å². The van der Waals surface area contributed by atoms with Gasteiger partial charge >= 0.3 is 0 Å². The molecule has 2 fully saturated rings. The predicted octanol–water partition coefficient (Wildman–Crippen LogP) is 3.31. The summed E-state index contributed by atoms with van der Waals surface area (Å²) in [6.45, 7) is 5.91. The van der Waals surface area contributed by atoms with E-state index in [0.29, 0.717) is 19.4 Å². The number of hydrogen-bond donors (Lipinski definition) is 2. The number of nitrogens with one attached hydrogen (secondary N) is 2. The third kappa shape index (κ3) is 7.27. The SMILES string of the molecule is CC(C)[C@H](NC(=O)C1CCC(CNS(=O)(=O)c2ccccc2)CC1)C(=O)N1CCCCCC1. The van der Waals surface area contributed by atoms with Crippen LogP contribution in [0.2, 0.25) is 0 Å². The molecule has 0 aromatic heterocycles. The number of amides is 2. The Kier molecular flexibility index (Phi) is 9.32. The first-order valence-electron chi connectivity index (χ1n) is 12.4. The lowest BCUT2D eigenvalue weighted by atomic mass is 9.81. The van der Waals surface area contributed by atoms with Crippen LogP contribution in [-0.4, -0.2) is 50.8 Å². The molecular formula is C25H39N3O4S. The van der Waals surface area contributed by atoms with Gasteiger partial charge in [-0.25, -0.2) is 13.1 Å². The minimum absolute atomic E-state index is 0.0356. The van der Waals surface area contributed by atoms with E-state index in [9.17, 15) is 18.0 Å². The fraction of sp³-hybridized carbons (Fsp3) is 0.680. The first-order chi connectivity index (χ1) is 15.8. The quantitative estimate of drug-likeness (QED) is 0.600. The third-order valence-electron chi connectivity index (χ3n) is 6.98. The summed E-state index contributed by atoms with van der Waals surface area (Å²) in [5.41, 5.74) is 0. The van der Waals surface area contributed by atoms with Crippen LogP contribution in [0.3, 0.4) is 0 Å². The van der Waals surface area contributed by atoms with E-state index in [2.05, 4.69) is 10.0 Å². The molecule has 1 heterocycles. The van der Waals surface area contributed by atoms with Crippen LogP contribution < -0.4 is 10.0 Å². The number of likely N-dealkylation sites (tertiary alicyclic amines) is 1. The zero-order chi connectivity index (χ0) is 23.8. The minimum Gasteiger partial charge on any atom is -0.344 e. The van der Waals surface area contributed by atoms with Crippen molar-refractivity contribution in [1.29, 1.82) is 0 Å². The highest BCUT2D eigenvalue weighted by Crippen LogP contribution is 2.29. The molecule has 2 N–H and O–H groups in total. The molecule has 8 heteroatoms. The number of carbonyl (C=O) groups is 2. The number of hydrogen-bond acceptors (Lipinski definition) is 4. The standard InChI is InChI=1S/C25H39N3O4S/c1-19(2)23(25(30)28-16-8-3-4-9-17-28)27-24(29)21-14-12-20(13-15-21)18-26-33(31,32)22-10-6-5-7-11-22/h5-7,10-11,19-21,23,26H,3-4,8-9,12-18H2,1-2H3,(H,27,29)/t20?,21?,23-/m0/s1. The van der Waals surface area contributed by atoms with Crippen LogP contribution in [0.15, 0.2) is 35.2 Å². The van der Waals surface area contributed by atoms with Crippen LogP contribution in [0.4, 0.5) is 0 Å². The summed E-state index contributed by atoms with van der Waals surface area (Å²) >= 11 is 0. The number of sulfonamides is 1. The Morgan fingerprint density at radius 3 is 2.15 bits per heavy atom. The molecule has 0 radical (unpaired) electrons. The highest BCUT2D eigenvalue weighted by molar-refractivity contribution is 7.89. The smallest absolute Gasteiger partial charge is 0.245 e. The summed E-state index contributed by atoms with van der Waals surface area (Å²) in [7, 11) is -3.51. The highest BCUT2D eigenvalue weighted by Gasteiger charge is 2.33. The summed E-state index contributed by atoms with van der Waals surface area (Å²) in [6.07, 6.45) is 7.40. The lowest BCUT2D eigenvalue weighted by Crippen LogP contribution is -2.53. The first-order valence-corrected chi connectivity index (χ1v) is 13.9. The molecule has 1 saturated heterocycles. The number of benzene rings is 1. The molecule has 184 valence electrons. The Morgan fingerprint density at radius 2 is 1.58 bits per heavy atom. The lowest BCUT2D eigenvalue weighted by molar-refractivity contribution is -0.139. The summed E-state index contributed by atoms with van der Waals surface area (Å²) in [4.78, 5) is 28.3. The molecule has 2 amide bonds. The van der Waals surface area contributed by atoms with Gasteiger partial charge in [-0.15, -0.1) is 0 Å². The maximum absolute atomic E-state index is 13.1. The van der Waals surface area contributed by atoms with Crippen molar-refractivity contribution in [1.82, 2.24) is 14.9 Å². The van der Waals surface area contributed by atoms with Crippen LogP contribution in [0.25, 0.3) is 0 Å². The zero-order valence-corrected chi connectivity index (χ0v) is 20.8. The van der Waals surface area contributed by atoms with Crippen LogP contribution in [0, 0.1) is 17.8 Å². The van der Waals surface area contributed by atoms with Crippen LogP contribution in [0.1, 0.15) is 65.2 Å². The van der Waals surface area contributed by atoms with E-state index >= 15 is 0 Å². The Balaban J connectivity index is 1.48. The van der Waals surface area contributed by atoms with Gasteiger partial charge in [0.2, 0.25) is 21.8 Å². The molecule has 0 bridgehead atoms. The van der Waals surface area contributed by atoms with Crippen molar-refractivity contribution in [3.63, 3.8) is 0 Å². The van der Waals surface area contributed by atoms with Crippen molar-refractivity contribution in [3.8, 4) is 0 Å². The molecule has 33 heavy (non-hydrogen) atoms. The molecule has 1 aliphatic heterocycles. The molecule has 1 aromatic rings. The molecule has 1 aromatic carbocycles. The second kappa shape index (κ2) is 12.0. The molecule has 3 rings (SSSR count). The van der Waals surface area contributed by atoms with Crippen molar-refractivity contribution < 1.29 is 18.0 Å². The molecule has 0 spiro atoms. The number of nitrogens with zero attached hydrogens (tertiary/aromatic N) is 1. The van der Waals surface area contributed by atoms with E-state index in [-0.39, 0.29) is 34.5 Å². The molecule has 0 unspecified atom stereocenters. The molecular weight excluding hydrogens is 438 g/mol. The van der Waals surface area contributed by atoms with Gasteiger partial charge in [-0.05, 0) is 62.5 Å². The van der Waals surface area contributed by atoms with Crippen LogP contribution in [0.5, 0.6) is 0 Å². The number of carbonyl (C=O) groups excluding carboxylic acids is 2. The van der Waals surface area contributed by atoms with Crippen molar-refractivity contribution in [2.45, 2.75) is 76.2 Å². The van der Waals surface area contributed by atoms with Gasteiger partial charge < -0.3 is 10.2 Å². The average Bonchev–Trinajstić information content (AvgIpc) is 3.11. The predicted molar refractivity (Wildman–Crippen MR) is 129 cm³/mol. The Morgan fingerprint density at radius 1 is 0.970 bits per heavy atom. The summed E-state index contributed by atoms with van der Waals surface area (Å²) in [5, 5.41) is 3.05. The average molecular weight is 478 g/mol. The van der Waals surface area contributed by atoms with Gasteiger partial charge in [0.25, 0.3) is 0 Å². The zero-order valence-electron chi connectivity index (χ0n) is 20.0. The van der Waals surface area contributed by atoms with Crippen molar-refractivity contribution in [2.24, 2.45) is 17.8 Å². The maximum atomic E-state index is 13.1. The van der Waals surface area contributed by atoms with Gasteiger partial charge in [-0.2, -0.15) is 0 Å². The maximum Gasteiger partial charge on any atom is 0.245 e. The minimum atomic E-state index is -3.51. The molecule has 1 atom stereocenters. The summed E-state index contributed by atoms with van der Waals surface area (Å²) in [6, 6.07) is 7.90. The Bertz CT molecular complexity index is 872. The van der Waals surface area contributed by atoms with Crippen molar-refractivity contribution in [3.05, 3.63) is 30.3 Å².